The van der Waals surface area contributed by atoms with Gasteiger partial charge < -0.3 is 15.3 Å². The third-order valence-corrected chi connectivity index (χ3v) is 5.90. The van der Waals surface area contributed by atoms with E-state index in [-0.39, 0.29) is 22.5 Å². The standard InChI is InChI=1S/C20H19Cl2N5O3/c1-11-16-17(22)15(19(28)24-13-4-2-12(21)3-5-13)10-23-18(16)27(25-11)14-6-8-26(9-7-14)20(29)30/h2-5,10,14H,6-9H2,1H3,(H,24,28)(H,29,30). The molecule has 0 bridgehead atoms. The minimum absolute atomic E-state index is 0.0223. The number of likely N-dealkylation sites (tertiary alicyclic amines) is 1. The van der Waals surface area contributed by atoms with E-state index in [9.17, 15) is 9.59 Å². The average Bonchev–Trinajstić information content (AvgIpc) is 3.07. The van der Waals surface area contributed by atoms with Crippen LogP contribution in [0.25, 0.3) is 11.0 Å². The van der Waals surface area contributed by atoms with Gasteiger partial charge in [0.1, 0.15) is 0 Å². The van der Waals surface area contributed by atoms with Crippen molar-refractivity contribution in [1.29, 1.82) is 0 Å². The Kier molecular flexibility index (Phi) is 5.53. The molecule has 10 heteroatoms. The van der Waals surface area contributed by atoms with Gasteiger partial charge in [-0.25, -0.2) is 14.5 Å². The highest BCUT2D eigenvalue weighted by Crippen LogP contribution is 2.33. The number of carbonyl (C=O) groups is 2. The number of halogens is 2. The Hall–Kier alpha value is -2.84. The summed E-state index contributed by atoms with van der Waals surface area (Å²) in [6, 6.07) is 6.79. The minimum Gasteiger partial charge on any atom is -0.465 e. The molecule has 3 aromatic rings. The number of nitrogens with zero attached hydrogens (tertiary/aromatic N) is 4. The van der Waals surface area contributed by atoms with Crippen molar-refractivity contribution in [3.63, 3.8) is 0 Å². The lowest BCUT2D eigenvalue weighted by Gasteiger charge is -2.30. The van der Waals surface area contributed by atoms with Crippen molar-refractivity contribution in [3.05, 3.63) is 51.8 Å². The molecule has 2 N–H and O–H groups in total. The fourth-order valence-electron chi connectivity index (χ4n) is 3.68. The van der Waals surface area contributed by atoms with E-state index in [1.807, 2.05) is 6.92 Å². The summed E-state index contributed by atoms with van der Waals surface area (Å²) in [6.07, 6.45) is 1.81. The first-order valence-electron chi connectivity index (χ1n) is 9.43. The molecule has 2 amide bonds. The number of nitrogens with one attached hydrogen (secondary N) is 1. The lowest BCUT2D eigenvalue weighted by Crippen LogP contribution is -2.38. The molecule has 1 aromatic carbocycles. The molecular weight excluding hydrogens is 429 g/mol. The molecule has 0 unspecified atom stereocenters. The molecule has 0 radical (unpaired) electrons. The number of hydrogen-bond acceptors (Lipinski definition) is 4. The fraction of sp³-hybridized carbons (Fsp3) is 0.300. The van der Waals surface area contributed by atoms with Crippen molar-refractivity contribution in [2.75, 3.05) is 18.4 Å². The topological polar surface area (TPSA) is 100 Å². The van der Waals surface area contributed by atoms with Crippen LogP contribution in [0.5, 0.6) is 0 Å². The zero-order valence-corrected chi connectivity index (χ0v) is 17.6. The maximum Gasteiger partial charge on any atom is 0.407 e. The van der Waals surface area contributed by atoms with Crippen LogP contribution in [0.4, 0.5) is 10.5 Å². The van der Waals surface area contributed by atoms with Gasteiger partial charge in [0.05, 0.1) is 27.7 Å². The van der Waals surface area contributed by atoms with Crippen LogP contribution >= 0.6 is 23.2 Å². The number of fused-ring (bicyclic) bond motifs is 1. The average molecular weight is 448 g/mol. The Morgan fingerprint density at radius 1 is 1.17 bits per heavy atom. The molecule has 1 aliphatic rings. The van der Waals surface area contributed by atoms with Gasteiger partial charge in [-0.1, -0.05) is 23.2 Å². The predicted octanol–water partition coefficient (Wildman–Crippen LogP) is 4.61. The molecule has 0 spiro atoms. The van der Waals surface area contributed by atoms with Crippen molar-refractivity contribution in [3.8, 4) is 0 Å². The Labute approximate surface area is 182 Å². The normalized spacial score (nSPS) is 14.8. The van der Waals surface area contributed by atoms with Gasteiger partial charge in [0.2, 0.25) is 0 Å². The van der Waals surface area contributed by atoms with Gasteiger partial charge in [-0.05, 0) is 44.0 Å². The first-order valence-corrected chi connectivity index (χ1v) is 10.2. The van der Waals surface area contributed by atoms with E-state index in [1.165, 1.54) is 11.1 Å². The molecule has 8 nitrogen and oxygen atoms in total. The van der Waals surface area contributed by atoms with Crippen LogP contribution in [0.1, 0.15) is 34.9 Å². The lowest BCUT2D eigenvalue weighted by molar-refractivity contribution is 0.102. The first kappa shape index (κ1) is 20.4. The van der Waals surface area contributed by atoms with E-state index < -0.39 is 6.09 Å². The Morgan fingerprint density at radius 3 is 2.47 bits per heavy atom. The number of aromatic nitrogens is 3. The molecule has 1 saturated heterocycles. The van der Waals surface area contributed by atoms with E-state index in [0.29, 0.717) is 53.4 Å². The molecule has 0 aliphatic carbocycles. The smallest absolute Gasteiger partial charge is 0.407 e. The summed E-state index contributed by atoms with van der Waals surface area (Å²) in [5, 5.41) is 18.0. The Balaban J connectivity index is 1.62. The molecule has 156 valence electrons. The molecule has 0 atom stereocenters. The number of aryl methyl sites for hydroxylation is 1. The Bertz CT molecular complexity index is 1120. The van der Waals surface area contributed by atoms with Gasteiger partial charge in [-0.3, -0.25) is 4.79 Å². The third-order valence-electron chi connectivity index (χ3n) is 5.26. The monoisotopic (exact) mass is 447 g/mol. The molecule has 30 heavy (non-hydrogen) atoms. The number of rotatable bonds is 3. The fourth-order valence-corrected chi connectivity index (χ4v) is 4.16. The van der Waals surface area contributed by atoms with Crippen LogP contribution < -0.4 is 5.32 Å². The van der Waals surface area contributed by atoms with E-state index in [2.05, 4.69) is 15.4 Å². The number of carboxylic acid groups (broad SMARTS) is 1. The number of amides is 2. The SMILES string of the molecule is Cc1nn(C2CCN(C(=O)O)CC2)c2ncc(C(=O)Nc3ccc(Cl)cc3)c(Cl)c12. The van der Waals surface area contributed by atoms with Gasteiger partial charge >= 0.3 is 6.09 Å². The summed E-state index contributed by atoms with van der Waals surface area (Å²) in [4.78, 5) is 29.7. The lowest BCUT2D eigenvalue weighted by atomic mass is 10.1. The van der Waals surface area contributed by atoms with Crippen LogP contribution in [-0.4, -0.2) is 49.9 Å². The zero-order valence-electron chi connectivity index (χ0n) is 16.1. The number of hydrogen-bond donors (Lipinski definition) is 2. The summed E-state index contributed by atoms with van der Waals surface area (Å²) in [5.41, 5.74) is 2.11. The molecule has 3 heterocycles. The van der Waals surface area contributed by atoms with Crippen molar-refractivity contribution in [1.82, 2.24) is 19.7 Å². The Morgan fingerprint density at radius 2 is 1.83 bits per heavy atom. The van der Waals surface area contributed by atoms with Gasteiger partial charge in [0.25, 0.3) is 5.91 Å². The highest BCUT2D eigenvalue weighted by molar-refractivity contribution is 6.39. The first-order chi connectivity index (χ1) is 14.3. The van der Waals surface area contributed by atoms with Crippen molar-refractivity contribution in [2.45, 2.75) is 25.8 Å². The largest absolute Gasteiger partial charge is 0.465 e. The summed E-state index contributed by atoms with van der Waals surface area (Å²) >= 11 is 12.5. The molecule has 2 aromatic heterocycles. The summed E-state index contributed by atoms with van der Waals surface area (Å²) in [5.74, 6) is -0.376. The molecular formula is C20H19Cl2N5O3. The maximum atomic E-state index is 12.7. The van der Waals surface area contributed by atoms with Crippen LogP contribution in [0, 0.1) is 6.92 Å². The third kappa shape index (κ3) is 3.80. The highest BCUT2D eigenvalue weighted by Gasteiger charge is 2.27. The van der Waals surface area contributed by atoms with Crippen molar-refractivity contribution in [2.24, 2.45) is 0 Å². The number of carbonyl (C=O) groups excluding carboxylic acids is 1. The number of piperidine rings is 1. The van der Waals surface area contributed by atoms with Crippen LogP contribution in [0.3, 0.4) is 0 Å². The summed E-state index contributed by atoms with van der Waals surface area (Å²) < 4.78 is 1.80. The number of pyridine rings is 1. The van der Waals surface area contributed by atoms with Gasteiger partial charge in [0, 0.05) is 30.0 Å². The minimum atomic E-state index is -0.910. The van der Waals surface area contributed by atoms with Crippen LogP contribution in [-0.2, 0) is 0 Å². The predicted molar refractivity (Wildman–Crippen MR) is 115 cm³/mol. The quantitative estimate of drug-likeness (QED) is 0.610. The van der Waals surface area contributed by atoms with Crippen molar-refractivity contribution >= 4 is 51.9 Å². The van der Waals surface area contributed by atoms with Gasteiger partial charge in [-0.2, -0.15) is 5.10 Å². The van der Waals surface area contributed by atoms with E-state index in [0.717, 1.165) is 0 Å². The zero-order chi connectivity index (χ0) is 21.4. The summed E-state index contributed by atoms with van der Waals surface area (Å²) in [6.45, 7) is 2.70. The second-order valence-electron chi connectivity index (χ2n) is 7.18. The van der Waals surface area contributed by atoms with E-state index in [1.54, 1.807) is 28.9 Å². The maximum absolute atomic E-state index is 12.7. The molecule has 1 aliphatic heterocycles. The van der Waals surface area contributed by atoms with Crippen LogP contribution in [0.2, 0.25) is 10.0 Å². The molecule has 0 saturated carbocycles. The second-order valence-corrected chi connectivity index (χ2v) is 7.99. The molecule has 1 fully saturated rings. The van der Waals surface area contributed by atoms with Gasteiger partial charge in [-0.15, -0.1) is 0 Å². The van der Waals surface area contributed by atoms with Crippen molar-refractivity contribution < 1.29 is 14.7 Å². The molecule has 4 rings (SSSR count). The van der Waals surface area contributed by atoms with E-state index >= 15 is 0 Å². The second kappa shape index (κ2) is 8.12. The highest BCUT2D eigenvalue weighted by atomic mass is 35.5. The summed E-state index contributed by atoms with van der Waals surface area (Å²) in [7, 11) is 0. The van der Waals surface area contributed by atoms with Crippen LogP contribution in [0.15, 0.2) is 30.5 Å². The number of anilines is 1. The van der Waals surface area contributed by atoms with E-state index in [4.69, 9.17) is 28.3 Å². The number of benzene rings is 1. The van der Waals surface area contributed by atoms with Gasteiger partial charge in [0.15, 0.2) is 5.65 Å².